The zero-order valence-corrected chi connectivity index (χ0v) is 18.5. The van der Waals surface area contributed by atoms with Gasteiger partial charge < -0.3 is 14.5 Å². The summed E-state index contributed by atoms with van der Waals surface area (Å²) in [7, 11) is 1.60. The van der Waals surface area contributed by atoms with Crippen LogP contribution in [0.25, 0.3) is 28.6 Å². The lowest BCUT2D eigenvalue weighted by Gasteiger charge is -2.09. The Balaban J connectivity index is 1.41. The lowest BCUT2D eigenvalue weighted by Crippen LogP contribution is -2.32. The largest absolute Gasteiger partial charge is 0.497 e. The van der Waals surface area contributed by atoms with E-state index in [-0.39, 0.29) is 11.0 Å². The van der Waals surface area contributed by atoms with Gasteiger partial charge in [-0.15, -0.1) is 0 Å². The minimum Gasteiger partial charge on any atom is -0.497 e. The molecular weight excluding hydrogens is 446 g/mol. The Morgan fingerprint density at radius 1 is 1.12 bits per heavy atom. The van der Waals surface area contributed by atoms with Crippen molar-refractivity contribution in [3.8, 4) is 17.2 Å². The van der Waals surface area contributed by atoms with Gasteiger partial charge in [0.2, 0.25) is 11.8 Å². The van der Waals surface area contributed by atoms with Crippen molar-refractivity contribution < 1.29 is 13.9 Å². The number of thiocarbonyl (C=S) groups is 1. The van der Waals surface area contributed by atoms with Crippen LogP contribution >= 0.6 is 23.8 Å². The molecule has 6 nitrogen and oxygen atoms in total. The number of benzene rings is 3. The van der Waals surface area contributed by atoms with E-state index >= 15 is 0 Å². The number of methoxy groups -OCH3 is 1. The van der Waals surface area contributed by atoms with Gasteiger partial charge in [0.25, 0.3) is 0 Å². The molecule has 0 unspecified atom stereocenters. The summed E-state index contributed by atoms with van der Waals surface area (Å²) in [5.74, 6) is 0.832. The van der Waals surface area contributed by atoms with Crippen LogP contribution in [-0.4, -0.2) is 23.1 Å². The quantitative estimate of drug-likeness (QED) is 0.293. The van der Waals surface area contributed by atoms with E-state index in [2.05, 4.69) is 15.6 Å². The van der Waals surface area contributed by atoms with Crippen molar-refractivity contribution in [1.82, 2.24) is 10.3 Å². The zero-order valence-electron chi connectivity index (χ0n) is 17.0. The third-order valence-electron chi connectivity index (χ3n) is 4.50. The molecule has 0 fully saturated rings. The summed E-state index contributed by atoms with van der Waals surface area (Å²) < 4.78 is 11.1. The second-order valence-corrected chi connectivity index (χ2v) is 7.61. The van der Waals surface area contributed by atoms with E-state index in [0.29, 0.717) is 33.4 Å². The summed E-state index contributed by atoms with van der Waals surface area (Å²) in [6.07, 6.45) is 3.08. The summed E-state index contributed by atoms with van der Waals surface area (Å²) in [5.41, 5.74) is 3.67. The number of anilines is 1. The van der Waals surface area contributed by atoms with Crippen LogP contribution < -0.4 is 15.4 Å². The second-order valence-electron chi connectivity index (χ2n) is 6.76. The molecule has 0 saturated heterocycles. The summed E-state index contributed by atoms with van der Waals surface area (Å²) in [4.78, 5) is 16.7. The Morgan fingerprint density at radius 2 is 1.94 bits per heavy atom. The van der Waals surface area contributed by atoms with Crippen LogP contribution in [0.5, 0.6) is 5.75 Å². The molecule has 4 aromatic rings. The number of amides is 1. The highest BCUT2D eigenvalue weighted by Crippen LogP contribution is 2.28. The average molecular weight is 464 g/mol. The van der Waals surface area contributed by atoms with Crippen LogP contribution in [-0.2, 0) is 4.79 Å². The van der Waals surface area contributed by atoms with E-state index < -0.39 is 0 Å². The van der Waals surface area contributed by atoms with E-state index in [9.17, 15) is 4.79 Å². The van der Waals surface area contributed by atoms with E-state index in [1.807, 2.05) is 54.6 Å². The lowest BCUT2D eigenvalue weighted by atomic mass is 10.2. The molecule has 0 atom stereocenters. The van der Waals surface area contributed by atoms with Crippen LogP contribution in [0, 0.1) is 0 Å². The number of oxazole rings is 1. The van der Waals surface area contributed by atoms with Gasteiger partial charge in [-0.1, -0.05) is 29.8 Å². The number of ether oxygens (including phenoxy) is 1. The Hall–Kier alpha value is -3.68. The normalized spacial score (nSPS) is 10.9. The highest BCUT2D eigenvalue weighted by Gasteiger charge is 2.10. The monoisotopic (exact) mass is 463 g/mol. The number of rotatable bonds is 5. The van der Waals surface area contributed by atoms with Gasteiger partial charge >= 0.3 is 0 Å². The van der Waals surface area contributed by atoms with Crippen molar-refractivity contribution in [2.75, 3.05) is 12.4 Å². The van der Waals surface area contributed by atoms with Crippen LogP contribution in [0.3, 0.4) is 0 Å². The number of hydrogen-bond donors (Lipinski definition) is 2. The van der Waals surface area contributed by atoms with Gasteiger partial charge in [-0.2, -0.15) is 0 Å². The fourth-order valence-corrected chi connectivity index (χ4v) is 3.29. The molecule has 8 heteroatoms. The first-order chi connectivity index (χ1) is 15.5. The molecule has 0 bridgehead atoms. The van der Waals surface area contributed by atoms with Crippen molar-refractivity contribution in [2.24, 2.45) is 0 Å². The highest BCUT2D eigenvalue weighted by atomic mass is 35.5. The fourth-order valence-electron chi connectivity index (χ4n) is 2.95. The molecule has 2 N–H and O–H groups in total. The average Bonchev–Trinajstić information content (AvgIpc) is 3.22. The number of hydrogen-bond acceptors (Lipinski definition) is 5. The first-order valence-electron chi connectivity index (χ1n) is 9.61. The van der Waals surface area contributed by atoms with Crippen molar-refractivity contribution in [3.05, 3.63) is 83.4 Å². The second kappa shape index (κ2) is 9.64. The van der Waals surface area contributed by atoms with Crippen LogP contribution in [0.1, 0.15) is 5.56 Å². The van der Waals surface area contributed by atoms with E-state index in [4.69, 9.17) is 33.0 Å². The SMILES string of the molecule is COc1ccc2oc(-c3cccc(NC(=S)NC(=O)/C=C/c4ccc(Cl)cc4)c3)nc2c1. The van der Waals surface area contributed by atoms with E-state index in [0.717, 1.165) is 11.1 Å². The summed E-state index contributed by atoms with van der Waals surface area (Å²) in [6.45, 7) is 0. The third-order valence-corrected chi connectivity index (χ3v) is 4.95. The maximum Gasteiger partial charge on any atom is 0.250 e. The minimum absolute atomic E-state index is 0.176. The predicted molar refractivity (Wildman–Crippen MR) is 131 cm³/mol. The Morgan fingerprint density at radius 3 is 2.72 bits per heavy atom. The molecule has 0 saturated carbocycles. The minimum atomic E-state index is -0.346. The van der Waals surface area contributed by atoms with Gasteiger partial charge in [0, 0.05) is 28.4 Å². The van der Waals surface area contributed by atoms with Crippen molar-refractivity contribution in [3.63, 3.8) is 0 Å². The molecule has 1 heterocycles. The first kappa shape index (κ1) is 21.5. The van der Waals surface area contributed by atoms with Crippen molar-refractivity contribution in [1.29, 1.82) is 0 Å². The molecule has 0 spiro atoms. The van der Waals surface area contributed by atoms with Gasteiger partial charge in [-0.05, 0) is 66.3 Å². The Labute approximate surface area is 194 Å². The van der Waals surface area contributed by atoms with Crippen molar-refractivity contribution in [2.45, 2.75) is 0 Å². The molecule has 1 amide bonds. The molecule has 3 aromatic carbocycles. The maximum absolute atomic E-state index is 12.1. The number of halogens is 1. The summed E-state index contributed by atoms with van der Waals surface area (Å²) in [5, 5.41) is 6.43. The number of aromatic nitrogens is 1. The molecule has 0 aliphatic heterocycles. The third kappa shape index (κ3) is 5.32. The fraction of sp³-hybridized carbons (Fsp3) is 0.0417. The van der Waals surface area contributed by atoms with Gasteiger partial charge in [-0.3, -0.25) is 10.1 Å². The molecule has 1 aromatic heterocycles. The number of carbonyl (C=O) groups is 1. The molecule has 0 aliphatic rings. The van der Waals surface area contributed by atoms with Crippen LogP contribution in [0.4, 0.5) is 5.69 Å². The van der Waals surface area contributed by atoms with Crippen LogP contribution in [0.15, 0.2) is 77.2 Å². The molecule has 160 valence electrons. The lowest BCUT2D eigenvalue weighted by molar-refractivity contribution is -0.115. The molecule has 0 radical (unpaired) electrons. The number of carbonyl (C=O) groups excluding carboxylic acids is 1. The number of nitrogens with zero attached hydrogens (tertiary/aromatic N) is 1. The molecular formula is C24H18ClN3O3S. The zero-order chi connectivity index (χ0) is 22.5. The molecule has 0 aliphatic carbocycles. The van der Waals surface area contributed by atoms with Crippen molar-refractivity contribution >= 4 is 57.7 Å². The number of nitrogens with one attached hydrogen (secondary N) is 2. The standard InChI is InChI=1S/C24H18ClN3O3S/c1-30-19-10-11-21-20(14-19)27-23(31-21)16-3-2-4-18(13-16)26-24(32)28-22(29)12-7-15-5-8-17(25)9-6-15/h2-14H,1H3,(H2,26,28,29,32)/b12-7+. The Bertz CT molecular complexity index is 1320. The number of fused-ring (bicyclic) bond motifs is 1. The van der Waals surface area contributed by atoms with Gasteiger partial charge in [0.1, 0.15) is 11.3 Å². The van der Waals surface area contributed by atoms with Crippen LogP contribution in [0.2, 0.25) is 5.02 Å². The smallest absolute Gasteiger partial charge is 0.250 e. The summed E-state index contributed by atoms with van der Waals surface area (Å²) >= 11 is 11.1. The summed E-state index contributed by atoms with van der Waals surface area (Å²) in [6, 6.07) is 20.0. The van der Waals surface area contributed by atoms with E-state index in [1.165, 1.54) is 6.08 Å². The van der Waals surface area contributed by atoms with Gasteiger partial charge in [0.15, 0.2) is 10.7 Å². The van der Waals surface area contributed by atoms with Gasteiger partial charge in [-0.25, -0.2) is 4.98 Å². The van der Waals surface area contributed by atoms with E-state index in [1.54, 1.807) is 25.3 Å². The molecule has 4 rings (SSSR count). The molecule has 32 heavy (non-hydrogen) atoms. The first-order valence-corrected chi connectivity index (χ1v) is 10.4. The Kier molecular flexibility index (Phi) is 6.49. The predicted octanol–water partition coefficient (Wildman–Crippen LogP) is 5.68. The highest BCUT2D eigenvalue weighted by molar-refractivity contribution is 7.80. The maximum atomic E-state index is 12.1. The van der Waals surface area contributed by atoms with Gasteiger partial charge in [0.05, 0.1) is 7.11 Å². The topological polar surface area (TPSA) is 76.4 Å².